The van der Waals surface area contributed by atoms with Crippen molar-refractivity contribution in [1.29, 1.82) is 0 Å². The smallest absolute Gasteiger partial charge is 0.321 e. The zero-order valence-electron chi connectivity index (χ0n) is 5.23. The Morgan fingerprint density at radius 1 is 1.55 bits per heavy atom. The van der Waals surface area contributed by atoms with Crippen LogP contribution < -0.4 is 5.11 Å². The van der Waals surface area contributed by atoms with Crippen molar-refractivity contribution >= 4 is 11.8 Å². The zero-order chi connectivity index (χ0) is 8.43. The Hall–Kier alpha value is -1.85. The van der Waals surface area contributed by atoms with Crippen LogP contribution in [0.1, 0.15) is 10.5 Å². The number of H-pyrrole nitrogens is 1. The van der Waals surface area contributed by atoms with Gasteiger partial charge in [-0.15, -0.1) is 0 Å². The third kappa shape index (κ3) is 1.34. The van der Waals surface area contributed by atoms with E-state index < -0.39 is 10.9 Å². The molecular weight excluding hydrogens is 152 g/mol. The first-order chi connectivity index (χ1) is 5.11. The standard InChI is InChI=1S/C5H4N2O4/c8-5(9)3-1-2-4(6-3)7(10)11/h1-2,6H,(H,8,9)/p-1. The van der Waals surface area contributed by atoms with Crippen LogP contribution >= 0.6 is 0 Å². The molecule has 0 aliphatic rings. The highest BCUT2D eigenvalue weighted by atomic mass is 16.6. The van der Waals surface area contributed by atoms with Gasteiger partial charge in [0.25, 0.3) is 0 Å². The van der Waals surface area contributed by atoms with Gasteiger partial charge in [-0.2, -0.15) is 0 Å². The minimum Gasteiger partial charge on any atom is -0.541 e. The summed E-state index contributed by atoms with van der Waals surface area (Å²) in [7, 11) is 0. The molecule has 0 amide bonds. The van der Waals surface area contributed by atoms with Crippen molar-refractivity contribution in [2.24, 2.45) is 0 Å². The summed E-state index contributed by atoms with van der Waals surface area (Å²) in [6.45, 7) is 0. The SMILES string of the molecule is O=C([O-])c1ccc([N+](=O)[O-])[nH]1. The third-order valence-corrected chi connectivity index (χ3v) is 1.09. The number of aromatic nitrogens is 1. The summed E-state index contributed by atoms with van der Waals surface area (Å²) < 4.78 is 0. The maximum Gasteiger partial charge on any atom is 0.321 e. The van der Waals surface area contributed by atoms with Crippen LogP contribution in [-0.4, -0.2) is 15.9 Å². The number of nitro groups is 1. The third-order valence-electron chi connectivity index (χ3n) is 1.09. The summed E-state index contributed by atoms with van der Waals surface area (Å²) in [4.78, 5) is 21.4. The molecule has 6 heteroatoms. The van der Waals surface area contributed by atoms with Crippen LogP contribution in [0.25, 0.3) is 0 Å². The van der Waals surface area contributed by atoms with Gasteiger partial charge in [-0.1, -0.05) is 0 Å². The van der Waals surface area contributed by atoms with Gasteiger partial charge >= 0.3 is 5.82 Å². The van der Waals surface area contributed by atoms with Gasteiger partial charge in [0.1, 0.15) is 11.7 Å². The molecule has 0 aromatic carbocycles. The number of rotatable bonds is 2. The fourth-order valence-corrected chi connectivity index (χ4v) is 0.609. The van der Waals surface area contributed by atoms with E-state index in [-0.39, 0.29) is 11.5 Å². The normalized spacial score (nSPS) is 9.45. The first kappa shape index (κ1) is 7.26. The highest BCUT2D eigenvalue weighted by molar-refractivity contribution is 5.84. The Morgan fingerprint density at radius 2 is 2.18 bits per heavy atom. The van der Waals surface area contributed by atoms with Gasteiger partial charge < -0.3 is 20.0 Å². The molecule has 1 N–H and O–H groups in total. The Labute approximate surface area is 60.6 Å². The first-order valence-corrected chi connectivity index (χ1v) is 2.66. The van der Waals surface area contributed by atoms with Crippen molar-refractivity contribution in [2.45, 2.75) is 0 Å². The van der Waals surface area contributed by atoms with Crippen molar-refractivity contribution < 1.29 is 14.8 Å². The van der Waals surface area contributed by atoms with E-state index in [0.717, 1.165) is 12.1 Å². The van der Waals surface area contributed by atoms with E-state index in [1.54, 1.807) is 0 Å². The van der Waals surface area contributed by atoms with Gasteiger partial charge in [-0.05, 0) is 11.0 Å². The molecule has 1 aromatic rings. The van der Waals surface area contributed by atoms with Crippen LogP contribution in [0, 0.1) is 10.1 Å². The van der Waals surface area contributed by atoms with E-state index >= 15 is 0 Å². The number of nitrogens with one attached hydrogen (secondary N) is 1. The van der Waals surface area contributed by atoms with Crippen molar-refractivity contribution in [3.63, 3.8) is 0 Å². The molecule has 0 aliphatic carbocycles. The van der Waals surface area contributed by atoms with Crippen molar-refractivity contribution in [2.75, 3.05) is 0 Å². The summed E-state index contributed by atoms with van der Waals surface area (Å²) in [5.74, 6) is -1.82. The first-order valence-electron chi connectivity index (χ1n) is 2.66. The van der Waals surface area contributed by atoms with Crippen LogP contribution in [0.3, 0.4) is 0 Å². The second-order valence-electron chi connectivity index (χ2n) is 1.80. The van der Waals surface area contributed by atoms with Gasteiger partial charge in [0.2, 0.25) is 0 Å². The monoisotopic (exact) mass is 155 g/mol. The summed E-state index contributed by atoms with van der Waals surface area (Å²) in [6, 6.07) is 2.14. The Bertz CT molecular complexity index is 275. The Kier molecular flexibility index (Phi) is 1.59. The lowest BCUT2D eigenvalue weighted by atomic mass is 10.4. The molecule has 0 saturated carbocycles. The number of nitrogens with zero attached hydrogens (tertiary/aromatic N) is 1. The summed E-state index contributed by atoms with van der Waals surface area (Å²) in [5, 5.41) is 20.1. The lowest BCUT2D eigenvalue weighted by Gasteiger charge is -1.91. The van der Waals surface area contributed by atoms with E-state index in [1.807, 2.05) is 0 Å². The predicted octanol–water partition coefficient (Wildman–Crippen LogP) is -0.714. The minimum atomic E-state index is -1.46. The van der Waals surface area contributed by atoms with Gasteiger partial charge in [0.05, 0.1) is 0 Å². The number of carboxylic acid groups (broad SMARTS) is 1. The second-order valence-corrected chi connectivity index (χ2v) is 1.80. The van der Waals surface area contributed by atoms with E-state index in [2.05, 4.69) is 4.98 Å². The molecule has 0 spiro atoms. The van der Waals surface area contributed by atoms with Crippen LogP contribution in [0.15, 0.2) is 12.1 Å². The number of aromatic amines is 1. The topological polar surface area (TPSA) is 99.1 Å². The van der Waals surface area contributed by atoms with Crippen LogP contribution in [0.5, 0.6) is 0 Å². The van der Waals surface area contributed by atoms with Crippen LogP contribution in [-0.2, 0) is 0 Å². The van der Waals surface area contributed by atoms with Crippen LogP contribution in [0.4, 0.5) is 5.82 Å². The molecule has 6 nitrogen and oxygen atoms in total. The van der Waals surface area contributed by atoms with Crippen molar-refractivity contribution in [3.05, 3.63) is 27.9 Å². The largest absolute Gasteiger partial charge is 0.541 e. The highest BCUT2D eigenvalue weighted by Gasteiger charge is 2.07. The summed E-state index contributed by atoms with van der Waals surface area (Å²) in [5.41, 5.74) is -0.295. The summed E-state index contributed by atoms with van der Waals surface area (Å²) >= 11 is 0. The number of carbonyl (C=O) groups excluding carboxylic acids is 1. The molecular formula is C5H3N2O4-. The lowest BCUT2D eigenvalue weighted by Crippen LogP contribution is -2.22. The number of hydrogen-bond donors (Lipinski definition) is 1. The van der Waals surface area contributed by atoms with Gasteiger partial charge in [-0.3, -0.25) is 0 Å². The predicted molar refractivity (Wildman–Crippen MR) is 31.8 cm³/mol. The van der Waals surface area contributed by atoms with Crippen molar-refractivity contribution in [1.82, 2.24) is 4.98 Å². The van der Waals surface area contributed by atoms with Gasteiger partial charge in [0, 0.05) is 6.07 Å². The Balaban J connectivity index is 2.99. The minimum absolute atomic E-state index is 0.295. The molecule has 1 rings (SSSR count). The average Bonchev–Trinajstić information content (AvgIpc) is 2.33. The molecule has 0 unspecified atom stereocenters. The van der Waals surface area contributed by atoms with E-state index in [9.17, 15) is 20.0 Å². The molecule has 1 heterocycles. The maximum absolute atomic E-state index is 10.1. The quantitative estimate of drug-likeness (QED) is 0.450. The number of aromatic carboxylic acids is 1. The molecule has 58 valence electrons. The fourth-order valence-electron chi connectivity index (χ4n) is 0.609. The molecule has 11 heavy (non-hydrogen) atoms. The van der Waals surface area contributed by atoms with E-state index in [4.69, 9.17) is 0 Å². The number of carboxylic acids is 1. The molecule has 0 fully saturated rings. The number of carbonyl (C=O) groups is 1. The Morgan fingerprint density at radius 3 is 2.45 bits per heavy atom. The molecule has 0 atom stereocenters. The van der Waals surface area contributed by atoms with Gasteiger partial charge in [0.15, 0.2) is 0 Å². The molecule has 0 bridgehead atoms. The summed E-state index contributed by atoms with van der Waals surface area (Å²) in [6.07, 6.45) is 0. The van der Waals surface area contributed by atoms with E-state index in [0.29, 0.717) is 0 Å². The lowest BCUT2D eigenvalue weighted by molar-refractivity contribution is -0.389. The van der Waals surface area contributed by atoms with Crippen molar-refractivity contribution in [3.8, 4) is 0 Å². The zero-order valence-corrected chi connectivity index (χ0v) is 5.23. The van der Waals surface area contributed by atoms with Gasteiger partial charge in [-0.25, -0.2) is 4.98 Å². The highest BCUT2D eigenvalue weighted by Crippen LogP contribution is 2.08. The van der Waals surface area contributed by atoms with E-state index in [1.165, 1.54) is 0 Å². The fraction of sp³-hybridized carbons (Fsp3) is 0. The molecule has 0 saturated heterocycles. The molecule has 1 aromatic heterocycles. The maximum atomic E-state index is 10.1. The van der Waals surface area contributed by atoms with Crippen LogP contribution in [0.2, 0.25) is 0 Å². The average molecular weight is 155 g/mol. The molecule has 0 aliphatic heterocycles. The second kappa shape index (κ2) is 2.41. The molecule has 0 radical (unpaired) electrons. The number of hydrogen-bond acceptors (Lipinski definition) is 4.